The number of anilines is 1. The van der Waals surface area contributed by atoms with Crippen molar-refractivity contribution in [2.45, 2.75) is 58.5 Å². The van der Waals surface area contributed by atoms with Gasteiger partial charge < -0.3 is 9.84 Å². The molecule has 0 aliphatic carbocycles. The summed E-state index contributed by atoms with van der Waals surface area (Å²) < 4.78 is 5.50. The van der Waals surface area contributed by atoms with Gasteiger partial charge >= 0.3 is 6.09 Å². The molecule has 0 atom stereocenters. The maximum atomic E-state index is 12.5. The molecule has 2 rings (SSSR count). The van der Waals surface area contributed by atoms with Crippen molar-refractivity contribution < 1.29 is 14.6 Å². The lowest BCUT2D eigenvalue weighted by Gasteiger charge is -2.29. The van der Waals surface area contributed by atoms with E-state index >= 15 is 0 Å². The van der Waals surface area contributed by atoms with Crippen LogP contribution in [-0.4, -0.2) is 23.3 Å². The zero-order valence-corrected chi connectivity index (χ0v) is 13.6. The van der Waals surface area contributed by atoms with Crippen molar-refractivity contribution in [3.8, 4) is 5.75 Å². The number of ether oxygens (including phenoxy) is 1. The molecule has 4 nitrogen and oxygen atoms in total. The summed E-state index contributed by atoms with van der Waals surface area (Å²) in [4.78, 5) is 14.1. The molecule has 0 saturated heterocycles. The molecule has 21 heavy (non-hydrogen) atoms. The molecule has 0 aromatic heterocycles. The molecule has 0 radical (unpaired) electrons. The van der Waals surface area contributed by atoms with E-state index in [9.17, 15) is 9.90 Å². The van der Waals surface area contributed by atoms with Gasteiger partial charge in [0, 0.05) is 12.6 Å². The van der Waals surface area contributed by atoms with E-state index in [1.54, 1.807) is 17.0 Å². The standard InChI is InChI=1S/C17H25NO3/c1-16(2,3)21-15(20)18-10-6-9-17(4,5)13-8-7-12(19)11-14(13)18/h7-8,11,19H,6,9-10H2,1-5H3. The normalized spacial score (nSPS) is 17.9. The van der Waals surface area contributed by atoms with Crippen LogP contribution in [0.3, 0.4) is 0 Å². The number of nitrogens with zero attached hydrogens (tertiary/aromatic N) is 1. The average Bonchev–Trinajstić information content (AvgIpc) is 2.43. The van der Waals surface area contributed by atoms with Crippen molar-refractivity contribution in [3.63, 3.8) is 0 Å². The lowest BCUT2D eigenvalue weighted by atomic mass is 9.80. The summed E-state index contributed by atoms with van der Waals surface area (Å²) in [7, 11) is 0. The van der Waals surface area contributed by atoms with Gasteiger partial charge in [0.1, 0.15) is 11.4 Å². The van der Waals surface area contributed by atoms with Crippen molar-refractivity contribution in [3.05, 3.63) is 23.8 Å². The van der Waals surface area contributed by atoms with Crippen LogP contribution in [0.1, 0.15) is 53.0 Å². The highest BCUT2D eigenvalue weighted by molar-refractivity contribution is 5.89. The highest BCUT2D eigenvalue weighted by atomic mass is 16.6. The Kier molecular flexibility index (Phi) is 3.91. The first-order valence-corrected chi connectivity index (χ1v) is 7.44. The molecule has 116 valence electrons. The van der Waals surface area contributed by atoms with Gasteiger partial charge in [0.05, 0.1) is 5.69 Å². The number of amides is 1. The van der Waals surface area contributed by atoms with Gasteiger partial charge in [-0.05, 0) is 50.7 Å². The molecule has 0 unspecified atom stereocenters. The quantitative estimate of drug-likeness (QED) is 0.779. The van der Waals surface area contributed by atoms with E-state index in [1.807, 2.05) is 26.8 Å². The van der Waals surface area contributed by atoms with Crippen LogP contribution in [-0.2, 0) is 10.2 Å². The monoisotopic (exact) mass is 291 g/mol. The SMILES string of the molecule is CC(C)(C)OC(=O)N1CCCC(C)(C)c2ccc(O)cc21. The minimum Gasteiger partial charge on any atom is -0.508 e. The van der Waals surface area contributed by atoms with E-state index in [2.05, 4.69) is 13.8 Å². The van der Waals surface area contributed by atoms with Gasteiger partial charge in [-0.25, -0.2) is 4.79 Å². The third kappa shape index (κ3) is 3.49. The fourth-order valence-electron chi connectivity index (χ4n) is 2.76. The zero-order valence-electron chi connectivity index (χ0n) is 13.6. The molecule has 0 spiro atoms. The molecule has 1 aliphatic heterocycles. The van der Waals surface area contributed by atoms with Crippen LogP contribution in [0.5, 0.6) is 5.75 Å². The molecular formula is C17H25NO3. The highest BCUT2D eigenvalue weighted by Gasteiger charge is 2.33. The summed E-state index contributed by atoms with van der Waals surface area (Å²) in [5.41, 5.74) is 1.27. The van der Waals surface area contributed by atoms with Crippen molar-refractivity contribution in [2.75, 3.05) is 11.4 Å². The van der Waals surface area contributed by atoms with Gasteiger partial charge in [-0.1, -0.05) is 19.9 Å². The van der Waals surface area contributed by atoms with Crippen LogP contribution < -0.4 is 4.90 Å². The predicted octanol–water partition coefficient (Wildman–Crippen LogP) is 4.21. The summed E-state index contributed by atoms with van der Waals surface area (Å²) in [6.07, 6.45) is 1.54. The second kappa shape index (κ2) is 5.24. The van der Waals surface area contributed by atoms with Crippen LogP contribution in [0.2, 0.25) is 0 Å². The van der Waals surface area contributed by atoms with Crippen molar-refractivity contribution in [2.24, 2.45) is 0 Å². The van der Waals surface area contributed by atoms with Gasteiger partial charge in [-0.2, -0.15) is 0 Å². The molecule has 0 bridgehead atoms. The lowest BCUT2D eigenvalue weighted by Crippen LogP contribution is -2.37. The third-order valence-electron chi connectivity index (χ3n) is 3.80. The Morgan fingerprint density at radius 1 is 1.33 bits per heavy atom. The Bertz CT molecular complexity index is 543. The molecule has 1 aliphatic rings. The van der Waals surface area contributed by atoms with Gasteiger partial charge in [0.15, 0.2) is 0 Å². The second-order valence-electron chi connectivity index (χ2n) is 7.32. The fourth-order valence-corrected chi connectivity index (χ4v) is 2.76. The van der Waals surface area contributed by atoms with E-state index in [-0.39, 0.29) is 17.3 Å². The van der Waals surface area contributed by atoms with Crippen LogP contribution in [0.15, 0.2) is 18.2 Å². The summed E-state index contributed by atoms with van der Waals surface area (Å²) >= 11 is 0. The maximum Gasteiger partial charge on any atom is 0.414 e. The molecule has 1 aromatic rings. The summed E-state index contributed by atoms with van der Waals surface area (Å²) in [5.74, 6) is 0.167. The number of rotatable bonds is 0. The number of hydrogen-bond acceptors (Lipinski definition) is 3. The average molecular weight is 291 g/mol. The molecule has 0 saturated carbocycles. The fraction of sp³-hybridized carbons (Fsp3) is 0.588. The predicted molar refractivity (Wildman–Crippen MR) is 83.9 cm³/mol. The first-order valence-electron chi connectivity index (χ1n) is 7.44. The molecule has 4 heteroatoms. The van der Waals surface area contributed by atoms with Crippen molar-refractivity contribution in [1.29, 1.82) is 0 Å². The Balaban J connectivity index is 2.44. The Morgan fingerprint density at radius 2 is 2.00 bits per heavy atom. The first kappa shape index (κ1) is 15.7. The van der Waals surface area contributed by atoms with E-state index < -0.39 is 5.60 Å². The Morgan fingerprint density at radius 3 is 2.62 bits per heavy atom. The number of benzene rings is 1. The zero-order chi connectivity index (χ0) is 15.8. The smallest absolute Gasteiger partial charge is 0.414 e. The van der Waals surface area contributed by atoms with Crippen LogP contribution in [0, 0.1) is 0 Å². The number of phenols is 1. The number of aromatic hydroxyl groups is 1. The number of hydrogen-bond donors (Lipinski definition) is 1. The molecule has 1 amide bonds. The second-order valence-corrected chi connectivity index (χ2v) is 7.32. The van der Waals surface area contributed by atoms with Crippen molar-refractivity contribution in [1.82, 2.24) is 0 Å². The number of carbonyl (C=O) groups is 1. The largest absolute Gasteiger partial charge is 0.508 e. The number of carbonyl (C=O) groups excluding carboxylic acids is 1. The topological polar surface area (TPSA) is 49.8 Å². The van der Waals surface area contributed by atoms with Crippen LogP contribution >= 0.6 is 0 Å². The van der Waals surface area contributed by atoms with E-state index in [4.69, 9.17) is 4.74 Å². The molecule has 1 N–H and O–H groups in total. The Hall–Kier alpha value is -1.71. The summed E-state index contributed by atoms with van der Waals surface area (Å²) in [6, 6.07) is 5.25. The molecular weight excluding hydrogens is 266 g/mol. The highest BCUT2D eigenvalue weighted by Crippen LogP contribution is 2.40. The van der Waals surface area contributed by atoms with Gasteiger partial charge in [0.25, 0.3) is 0 Å². The minimum absolute atomic E-state index is 0.0280. The van der Waals surface area contributed by atoms with Crippen LogP contribution in [0.25, 0.3) is 0 Å². The number of fused-ring (bicyclic) bond motifs is 1. The van der Waals surface area contributed by atoms with E-state index in [0.29, 0.717) is 6.54 Å². The Labute approximate surface area is 126 Å². The van der Waals surface area contributed by atoms with Gasteiger partial charge in [-0.15, -0.1) is 0 Å². The summed E-state index contributed by atoms with van der Waals surface area (Å²) in [6.45, 7) is 10.5. The van der Waals surface area contributed by atoms with Crippen LogP contribution in [0.4, 0.5) is 10.5 Å². The van der Waals surface area contributed by atoms with Gasteiger partial charge in [0.2, 0.25) is 0 Å². The van der Waals surface area contributed by atoms with Crippen molar-refractivity contribution >= 4 is 11.8 Å². The third-order valence-corrected chi connectivity index (χ3v) is 3.80. The number of phenolic OH excluding ortho intramolecular Hbond substituents is 1. The maximum absolute atomic E-state index is 12.5. The molecule has 1 aromatic carbocycles. The lowest BCUT2D eigenvalue weighted by molar-refractivity contribution is 0.0580. The molecule has 0 fully saturated rings. The summed E-state index contributed by atoms with van der Waals surface area (Å²) in [5, 5.41) is 9.80. The first-order chi connectivity index (χ1) is 9.60. The van der Waals surface area contributed by atoms with Gasteiger partial charge in [-0.3, -0.25) is 4.90 Å². The minimum atomic E-state index is -0.532. The van der Waals surface area contributed by atoms with E-state index in [1.165, 1.54) is 0 Å². The molecule has 1 heterocycles. The van der Waals surface area contributed by atoms with E-state index in [0.717, 1.165) is 24.1 Å².